The summed E-state index contributed by atoms with van der Waals surface area (Å²) in [4.78, 5) is 14.4. The third-order valence-electron chi connectivity index (χ3n) is 3.98. The summed E-state index contributed by atoms with van der Waals surface area (Å²) in [5.74, 6) is 0.288. The van der Waals surface area contributed by atoms with Crippen LogP contribution in [0.1, 0.15) is 46.6 Å². The minimum absolute atomic E-state index is 0.0452. The number of carbonyl (C=O) groups excluding carboxylic acids is 1. The molecule has 18 heavy (non-hydrogen) atoms. The molecule has 2 aliphatic heterocycles. The van der Waals surface area contributed by atoms with Crippen LogP contribution in [-0.4, -0.2) is 16.0 Å². The highest BCUT2D eigenvalue weighted by Crippen LogP contribution is 2.53. The van der Waals surface area contributed by atoms with Gasteiger partial charge in [-0.3, -0.25) is 4.79 Å². The Balaban J connectivity index is 1.76. The average Bonchev–Trinajstić information content (AvgIpc) is 3.13. The lowest BCUT2D eigenvalue weighted by Gasteiger charge is -2.20. The van der Waals surface area contributed by atoms with Crippen molar-refractivity contribution in [2.45, 2.75) is 24.9 Å². The largest absolute Gasteiger partial charge is 0.351 e. The van der Waals surface area contributed by atoms with Crippen LogP contribution in [0.3, 0.4) is 0 Å². The molecule has 1 aromatic heterocycles. The first-order valence-corrected chi connectivity index (χ1v) is 6.18. The van der Waals surface area contributed by atoms with Gasteiger partial charge < -0.3 is 9.42 Å². The van der Waals surface area contributed by atoms with Gasteiger partial charge >= 0.3 is 0 Å². The number of hydrogen-bond donors (Lipinski definition) is 0. The summed E-state index contributed by atoms with van der Waals surface area (Å²) in [6.45, 7) is 0. The molecule has 0 saturated carbocycles. The lowest BCUT2D eigenvalue weighted by atomic mass is 9.92. The Morgan fingerprint density at radius 3 is 2.39 bits per heavy atom. The first kappa shape index (κ1) is 9.88. The molecule has 4 heteroatoms. The number of aromatic nitrogens is 1. The summed E-state index contributed by atoms with van der Waals surface area (Å²) < 4.78 is 4.99. The van der Waals surface area contributed by atoms with Gasteiger partial charge in [-0.15, -0.1) is 0 Å². The van der Waals surface area contributed by atoms with Crippen molar-refractivity contribution in [1.29, 1.82) is 0 Å². The predicted octanol–water partition coefficient (Wildman–Crippen LogP) is 2.71. The van der Waals surface area contributed by atoms with E-state index in [2.05, 4.69) is 17.3 Å². The fourth-order valence-corrected chi connectivity index (χ4v) is 3.28. The molecule has 2 aromatic rings. The second-order valence-electron chi connectivity index (χ2n) is 4.83. The van der Waals surface area contributed by atoms with E-state index < -0.39 is 0 Å². The Morgan fingerprint density at radius 1 is 1.17 bits per heavy atom. The molecule has 4 nitrogen and oxygen atoms in total. The molecular formula is C14H12N2O2. The molecular weight excluding hydrogens is 228 g/mol. The van der Waals surface area contributed by atoms with E-state index in [-0.39, 0.29) is 18.0 Å². The third-order valence-corrected chi connectivity index (χ3v) is 3.98. The Labute approximate surface area is 104 Å². The average molecular weight is 240 g/mol. The standard InChI is InChI=1S/C14H12N2O2/c17-14(13-7-8-15-18-13)16-11-5-6-12(16)10-4-2-1-3-9(10)11/h1-4,7-8,11-12H,5-6H2/t11-,12-/m0/s1. The van der Waals surface area contributed by atoms with Crippen molar-refractivity contribution in [2.75, 3.05) is 0 Å². The second kappa shape index (κ2) is 3.45. The molecule has 2 atom stereocenters. The SMILES string of the molecule is O=C(c1ccno1)N1[C@H]2CC[C@H]1c1ccccc12. The minimum Gasteiger partial charge on any atom is -0.351 e. The molecule has 90 valence electrons. The topological polar surface area (TPSA) is 46.3 Å². The number of nitrogens with zero attached hydrogens (tertiary/aromatic N) is 2. The normalized spacial score (nSPS) is 24.3. The van der Waals surface area contributed by atoms with Crippen LogP contribution in [0.2, 0.25) is 0 Å². The van der Waals surface area contributed by atoms with E-state index in [1.807, 2.05) is 17.0 Å². The van der Waals surface area contributed by atoms with Gasteiger partial charge in [0.05, 0.1) is 18.3 Å². The summed E-state index contributed by atoms with van der Waals surface area (Å²) in [7, 11) is 0. The van der Waals surface area contributed by atoms with E-state index in [9.17, 15) is 4.79 Å². The molecule has 0 unspecified atom stereocenters. The van der Waals surface area contributed by atoms with Gasteiger partial charge in [-0.1, -0.05) is 29.4 Å². The van der Waals surface area contributed by atoms with E-state index >= 15 is 0 Å². The smallest absolute Gasteiger partial charge is 0.293 e. The molecule has 0 spiro atoms. The van der Waals surface area contributed by atoms with Crippen LogP contribution < -0.4 is 0 Å². The lowest BCUT2D eigenvalue weighted by Crippen LogP contribution is -2.27. The Kier molecular flexibility index (Phi) is 1.89. The number of carbonyl (C=O) groups is 1. The highest BCUT2D eigenvalue weighted by atomic mass is 16.5. The molecule has 1 saturated heterocycles. The van der Waals surface area contributed by atoms with Gasteiger partial charge in [0.15, 0.2) is 0 Å². The van der Waals surface area contributed by atoms with Gasteiger partial charge in [0.2, 0.25) is 5.76 Å². The van der Waals surface area contributed by atoms with Crippen LogP contribution in [0.4, 0.5) is 0 Å². The third kappa shape index (κ3) is 1.15. The van der Waals surface area contributed by atoms with Gasteiger partial charge in [0.1, 0.15) is 0 Å². The molecule has 1 aromatic carbocycles. The highest BCUT2D eigenvalue weighted by Gasteiger charge is 2.46. The monoisotopic (exact) mass is 240 g/mol. The molecule has 2 bridgehead atoms. The van der Waals surface area contributed by atoms with Crippen molar-refractivity contribution >= 4 is 5.91 Å². The zero-order chi connectivity index (χ0) is 12.1. The Hall–Kier alpha value is -2.10. The van der Waals surface area contributed by atoms with E-state index in [0.717, 1.165) is 12.8 Å². The molecule has 0 radical (unpaired) electrons. The van der Waals surface area contributed by atoms with Crippen molar-refractivity contribution in [2.24, 2.45) is 0 Å². The van der Waals surface area contributed by atoms with Crippen LogP contribution in [0, 0.1) is 0 Å². The molecule has 4 rings (SSSR count). The fourth-order valence-electron chi connectivity index (χ4n) is 3.28. The van der Waals surface area contributed by atoms with E-state index in [1.165, 1.54) is 17.3 Å². The van der Waals surface area contributed by atoms with Crippen LogP contribution in [0.25, 0.3) is 0 Å². The molecule has 3 heterocycles. The lowest BCUT2D eigenvalue weighted by molar-refractivity contribution is 0.0654. The molecule has 1 fully saturated rings. The summed E-state index contributed by atoms with van der Waals surface area (Å²) in [6, 6.07) is 10.4. The molecule has 2 aliphatic rings. The minimum atomic E-state index is -0.0452. The zero-order valence-electron chi connectivity index (χ0n) is 9.74. The second-order valence-corrected chi connectivity index (χ2v) is 4.83. The van der Waals surface area contributed by atoms with Crippen LogP contribution in [0.5, 0.6) is 0 Å². The molecule has 1 amide bonds. The summed E-state index contributed by atoms with van der Waals surface area (Å²) in [6.07, 6.45) is 3.60. The van der Waals surface area contributed by atoms with Crippen LogP contribution in [-0.2, 0) is 0 Å². The first-order chi connectivity index (χ1) is 8.86. The number of fused-ring (bicyclic) bond motifs is 5. The maximum atomic E-state index is 12.4. The van der Waals surface area contributed by atoms with Crippen molar-refractivity contribution < 1.29 is 9.32 Å². The van der Waals surface area contributed by atoms with Crippen molar-refractivity contribution in [3.63, 3.8) is 0 Å². The Bertz CT molecular complexity index is 575. The van der Waals surface area contributed by atoms with E-state index in [4.69, 9.17) is 4.52 Å². The predicted molar refractivity (Wildman–Crippen MR) is 63.8 cm³/mol. The van der Waals surface area contributed by atoms with Crippen molar-refractivity contribution in [1.82, 2.24) is 10.1 Å². The first-order valence-electron chi connectivity index (χ1n) is 6.18. The summed E-state index contributed by atoms with van der Waals surface area (Å²) in [5.41, 5.74) is 2.59. The van der Waals surface area contributed by atoms with Crippen molar-refractivity contribution in [3.05, 3.63) is 53.4 Å². The number of rotatable bonds is 1. The van der Waals surface area contributed by atoms with Gasteiger partial charge in [0.25, 0.3) is 5.91 Å². The van der Waals surface area contributed by atoms with Gasteiger partial charge in [-0.05, 0) is 24.0 Å². The number of benzene rings is 1. The van der Waals surface area contributed by atoms with E-state index in [0.29, 0.717) is 5.76 Å². The quantitative estimate of drug-likeness (QED) is 0.770. The zero-order valence-corrected chi connectivity index (χ0v) is 9.74. The molecule has 0 N–H and O–H groups in total. The van der Waals surface area contributed by atoms with Gasteiger partial charge in [0, 0.05) is 6.07 Å². The maximum Gasteiger partial charge on any atom is 0.293 e. The Morgan fingerprint density at radius 2 is 1.83 bits per heavy atom. The highest BCUT2D eigenvalue weighted by molar-refractivity contribution is 5.92. The number of amides is 1. The molecule has 0 aliphatic carbocycles. The van der Waals surface area contributed by atoms with Gasteiger partial charge in [-0.2, -0.15) is 0 Å². The maximum absolute atomic E-state index is 12.4. The number of hydrogen-bond acceptors (Lipinski definition) is 3. The summed E-state index contributed by atoms with van der Waals surface area (Å²) >= 11 is 0. The van der Waals surface area contributed by atoms with Crippen LogP contribution in [0.15, 0.2) is 41.1 Å². The van der Waals surface area contributed by atoms with Crippen molar-refractivity contribution in [3.8, 4) is 0 Å². The van der Waals surface area contributed by atoms with Crippen LogP contribution >= 0.6 is 0 Å². The fraction of sp³-hybridized carbons (Fsp3) is 0.286. The van der Waals surface area contributed by atoms with Gasteiger partial charge in [-0.25, -0.2) is 0 Å². The summed E-state index contributed by atoms with van der Waals surface area (Å²) in [5, 5.41) is 3.61. The van der Waals surface area contributed by atoms with E-state index in [1.54, 1.807) is 6.07 Å².